The number of ether oxygens (including phenoxy) is 1. The second kappa shape index (κ2) is 8.11. The number of halogens is 1. The van der Waals surface area contributed by atoms with E-state index in [1.54, 1.807) is 17.7 Å². The van der Waals surface area contributed by atoms with E-state index < -0.39 is 0 Å². The Labute approximate surface area is 182 Å². The summed E-state index contributed by atoms with van der Waals surface area (Å²) in [6, 6.07) is 10.1. The Bertz CT molecular complexity index is 1240. The summed E-state index contributed by atoms with van der Waals surface area (Å²) in [5, 5.41) is 8.50. The highest BCUT2D eigenvalue weighted by Gasteiger charge is 2.28. The van der Waals surface area contributed by atoms with Gasteiger partial charge in [0.1, 0.15) is 11.6 Å². The van der Waals surface area contributed by atoms with E-state index >= 15 is 0 Å². The zero-order chi connectivity index (χ0) is 21.4. The van der Waals surface area contributed by atoms with E-state index in [-0.39, 0.29) is 17.6 Å². The molecule has 5 rings (SSSR count). The van der Waals surface area contributed by atoms with Crippen LogP contribution in [0, 0.1) is 5.82 Å². The summed E-state index contributed by atoms with van der Waals surface area (Å²) in [6.07, 6.45) is 3.69. The molecule has 0 N–H and O–H groups in total. The number of hydrogen-bond donors (Lipinski definition) is 0. The first-order chi connectivity index (χ1) is 15.1. The van der Waals surface area contributed by atoms with Gasteiger partial charge in [0.15, 0.2) is 11.5 Å². The second-order valence-corrected chi connectivity index (χ2v) is 8.42. The quantitative estimate of drug-likeness (QED) is 0.468. The van der Waals surface area contributed by atoms with Gasteiger partial charge in [0, 0.05) is 41.7 Å². The summed E-state index contributed by atoms with van der Waals surface area (Å²) in [5.74, 6) is 1.15. The first kappa shape index (κ1) is 19.7. The monoisotopic (exact) mass is 436 g/mol. The Kier molecular flexibility index (Phi) is 5.15. The second-order valence-electron chi connectivity index (χ2n) is 7.64. The van der Waals surface area contributed by atoms with E-state index in [1.165, 1.54) is 23.5 Å². The van der Waals surface area contributed by atoms with E-state index in [1.807, 2.05) is 40.1 Å². The van der Waals surface area contributed by atoms with E-state index in [4.69, 9.17) is 14.8 Å². The van der Waals surface area contributed by atoms with Crippen molar-refractivity contribution in [2.45, 2.75) is 18.8 Å². The van der Waals surface area contributed by atoms with Crippen molar-refractivity contribution in [2.75, 3.05) is 20.2 Å². The van der Waals surface area contributed by atoms with Gasteiger partial charge in [-0.25, -0.2) is 13.9 Å². The van der Waals surface area contributed by atoms with Gasteiger partial charge in [-0.3, -0.25) is 4.79 Å². The predicted molar refractivity (Wildman–Crippen MR) is 117 cm³/mol. The molecule has 4 aromatic rings. The third-order valence-electron chi connectivity index (χ3n) is 5.66. The lowest BCUT2D eigenvalue weighted by atomic mass is 9.97. The van der Waals surface area contributed by atoms with Gasteiger partial charge in [-0.2, -0.15) is 16.4 Å². The molecule has 0 radical (unpaired) electrons. The number of carbonyl (C=O) groups excluding carboxylic acids is 1. The maximum absolute atomic E-state index is 13.8. The van der Waals surface area contributed by atoms with Crippen LogP contribution in [0.15, 0.2) is 53.4 Å². The molecular formula is C23H21FN4O2S. The van der Waals surface area contributed by atoms with Crippen molar-refractivity contribution in [2.24, 2.45) is 0 Å². The lowest BCUT2D eigenvalue weighted by Gasteiger charge is -2.31. The topological polar surface area (TPSA) is 59.7 Å². The van der Waals surface area contributed by atoms with E-state index in [2.05, 4.69) is 0 Å². The van der Waals surface area contributed by atoms with Crippen molar-refractivity contribution >= 4 is 22.9 Å². The predicted octanol–water partition coefficient (Wildman–Crippen LogP) is 4.63. The Balaban J connectivity index is 1.43. The number of nitrogens with zero attached hydrogens (tertiary/aromatic N) is 4. The molecule has 3 aromatic heterocycles. The third-order valence-corrected chi connectivity index (χ3v) is 6.34. The van der Waals surface area contributed by atoms with Crippen molar-refractivity contribution < 1.29 is 13.9 Å². The smallest absolute Gasteiger partial charge is 0.254 e. The number of methoxy groups -OCH3 is 1. The van der Waals surface area contributed by atoms with Gasteiger partial charge in [0.05, 0.1) is 12.7 Å². The molecule has 1 atom stereocenters. The van der Waals surface area contributed by atoms with Gasteiger partial charge in [-0.1, -0.05) is 0 Å². The third kappa shape index (κ3) is 3.79. The fraction of sp³-hybridized carbons (Fsp3) is 0.261. The van der Waals surface area contributed by atoms with Gasteiger partial charge in [-0.15, -0.1) is 0 Å². The van der Waals surface area contributed by atoms with E-state index in [9.17, 15) is 9.18 Å². The molecule has 6 nitrogen and oxygen atoms in total. The molecule has 158 valence electrons. The highest BCUT2D eigenvalue weighted by molar-refractivity contribution is 7.08. The molecule has 1 fully saturated rings. The molecular weight excluding hydrogens is 415 g/mol. The number of piperidine rings is 1. The number of likely N-dealkylation sites (tertiary alicyclic amines) is 1. The van der Waals surface area contributed by atoms with Crippen molar-refractivity contribution in [1.29, 1.82) is 0 Å². The largest absolute Gasteiger partial charge is 0.496 e. The number of amides is 1. The number of benzene rings is 1. The van der Waals surface area contributed by atoms with Crippen molar-refractivity contribution in [1.82, 2.24) is 19.5 Å². The number of carbonyl (C=O) groups is 1. The number of rotatable bonds is 4. The van der Waals surface area contributed by atoms with Crippen LogP contribution in [0.3, 0.4) is 0 Å². The molecule has 0 saturated carbocycles. The highest BCUT2D eigenvalue weighted by Crippen LogP contribution is 2.31. The van der Waals surface area contributed by atoms with Crippen LogP contribution in [0.2, 0.25) is 0 Å². The van der Waals surface area contributed by atoms with Gasteiger partial charge < -0.3 is 9.64 Å². The molecule has 1 aliphatic heterocycles. The zero-order valence-corrected chi connectivity index (χ0v) is 17.8. The van der Waals surface area contributed by atoms with Gasteiger partial charge in [0.2, 0.25) is 0 Å². The van der Waals surface area contributed by atoms with Crippen molar-refractivity contribution in [3.8, 4) is 16.9 Å². The van der Waals surface area contributed by atoms with Gasteiger partial charge >= 0.3 is 0 Å². The lowest BCUT2D eigenvalue weighted by molar-refractivity contribution is 0.0705. The molecule has 0 bridgehead atoms. The minimum absolute atomic E-state index is 0.0650. The molecule has 0 spiro atoms. The summed E-state index contributed by atoms with van der Waals surface area (Å²) < 4.78 is 20.9. The summed E-state index contributed by atoms with van der Waals surface area (Å²) >= 11 is 1.53. The molecule has 4 heterocycles. The van der Waals surface area contributed by atoms with Gasteiger partial charge in [-0.05, 0) is 54.6 Å². The van der Waals surface area contributed by atoms with Crippen molar-refractivity contribution in [3.63, 3.8) is 0 Å². The first-order valence-corrected chi connectivity index (χ1v) is 11.1. The molecule has 1 aliphatic rings. The summed E-state index contributed by atoms with van der Waals surface area (Å²) in [4.78, 5) is 19.3. The number of aromatic nitrogens is 3. The fourth-order valence-electron chi connectivity index (χ4n) is 4.08. The molecule has 0 aliphatic carbocycles. The maximum atomic E-state index is 13.8. The molecule has 31 heavy (non-hydrogen) atoms. The van der Waals surface area contributed by atoms with Crippen LogP contribution < -0.4 is 4.74 Å². The van der Waals surface area contributed by atoms with Crippen LogP contribution in [0.5, 0.6) is 5.75 Å². The SMILES string of the molecule is COc1ccc(F)cc1-c1ccc2nc(C3CCCN(C(=O)c4ccsc4)C3)nn2c1. The number of thiophene rings is 1. The number of fused-ring (bicyclic) bond motifs is 1. The summed E-state index contributed by atoms with van der Waals surface area (Å²) in [5.41, 5.74) is 2.91. The Morgan fingerprint density at radius 1 is 1.26 bits per heavy atom. The molecule has 8 heteroatoms. The highest BCUT2D eigenvalue weighted by atomic mass is 32.1. The minimum Gasteiger partial charge on any atom is -0.496 e. The standard InChI is InChI=1S/C23H21FN4O2S/c1-30-20-6-5-18(24)11-19(20)15-4-7-21-25-22(26-28(21)13-15)16-3-2-9-27(12-16)23(29)17-8-10-31-14-17/h4-8,10-11,13-14,16H,2-3,9,12H2,1H3. The van der Waals surface area contributed by atoms with Crippen LogP contribution in [0.25, 0.3) is 16.8 Å². The molecule has 1 unspecified atom stereocenters. The lowest BCUT2D eigenvalue weighted by Crippen LogP contribution is -2.39. The fourth-order valence-corrected chi connectivity index (χ4v) is 4.71. The molecule has 1 amide bonds. The number of pyridine rings is 1. The van der Waals surface area contributed by atoms with E-state index in [0.717, 1.165) is 42.0 Å². The van der Waals surface area contributed by atoms with Crippen molar-refractivity contribution in [3.05, 3.63) is 70.6 Å². The normalized spacial score (nSPS) is 16.6. The van der Waals surface area contributed by atoms with Crippen LogP contribution in [-0.4, -0.2) is 45.6 Å². The maximum Gasteiger partial charge on any atom is 0.254 e. The van der Waals surface area contributed by atoms with Crippen LogP contribution in [-0.2, 0) is 0 Å². The Morgan fingerprint density at radius 2 is 2.16 bits per heavy atom. The van der Waals surface area contributed by atoms with Crippen LogP contribution in [0.4, 0.5) is 4.39 Å². The zero-order valence-electron chi connectivity index (χ0n) is 17.0. The Hall–Kier alpha value is -3.26. The average molecular weight is 437 g/mol. The van der Waals surface area contributed by atoms with Gasteiger partial charge in [0.25, 0.3) is 5.91 Å². The summed E-state index contributed by atoms with van der Waals surface area (Å²) in [7, 11) is 1.56. The van der Waals surface area contributed by atoms with Crippen LogP contribution >= 0.6 is 11.3 Å². The summed E-state index contributed by atoms with van der Waals surface area (Å²) in [6.45, 7) is 1.36. The van der Waals surface area contributed by atoms with E-state index in [0.29, 0.717) is 17.9 Å². The average Bonchev–Trinajstić information content (AvgIpc) is 3.48. The first-order valence-electron chi connectivity index (χ1n) is 10.1. The number of hydrogen-bond acceptors (Lipinski definition) is 5. The Morgan fingerprint density at radius 3 is 2.97 bits per heavy atom. The molecule has 1 saturated heterocycles. The molecule has 1 aromatic carbocycles. The minimum atomic E-state index is -0.326. The van der Waals surface area contributed by atoms with Crippen LogP contribution in [0.1, 0.15) is 34.9 Å².